The Hall–Kier alpha value is -2.76. The average Bonchev–Trinajstić information content (AvgIpc) is 2.58. The smallest absolute Gasteiger partial charge is 0.275 e. The average molecular weight is 326 g/mol. The first-order chi connectivity index (χ1) is 11.5. The fourth-order valence-corrected chi connectivity index (χ4v) is 2.24. The number of hydrogen-bond acceptors (Lipinski definition) is 4. The first-order valence-electron chi connectivity index (χ1n) is 8.00. The van der Waals surface area contributed by atoms with Gasteiger partial charge in [-0.25, -0.2) is 19.7 Å². The minimum absolute atomic E-state index is 0.245. The maximum atomic E-state index is 13.0. The normalized spacial score (nSPS) is 10.3. The van der Waals surface area contributed by atoms with E-state index in [1.807, 2.05) is 38.1 Å². The fourth-order valence-electron chi connectivity index (χ4n) is 2.24. The highest BCUT2D eigenvalue weighted by Crippen LogP contribution is 2.24. The van der Waals surface area contributed by atoms with Crippen LogP contribution in [0.5, 0.6) is 0 Å². The second kappa shape index (κ2) is 8.19. The molecule has 126 valence electrons. The molecule has 1 aromatic heterocycles. The van der Waals surface area contributed by atoms with Crippen molar-refractivity contribution in [3.63, 3.8) is 0 Å². The minimum atomic E-state index is -0.439. The number of unbranched alkanes of at least 4 members (excludes halogenated alkanes) is 1. The van der Waals surface area contributed by atoms with Crippen molar-refractivity contribution in [3.8, 4) is 0 Å². The molecule has 3 amide bonds. The Morgan fingerprint density at radius 1 is 1.08 bits per heavy atom. The van der Waals surface area contributed by atoms with Gasteiger partial charge in [-0.2, -0.15) is 0 Å². The molecule has 2 rings (SSSR count). The molecule has 0 spiro atoms. The summed E-state index contributed by atoms with van der Waals surface area (Å²) in [4.78, 5) is 35.9. The van der Waals surface area contributed by atoms with E-state index >= 15 is 0 Å². The zero-order valence-corrected chi connectivity index (χ0v) is 14.3. The van der Waals surface area contributed by atoms with Gasteiger partial charge in [0.05, 0.1) is 5.69 Å². The van der Waals surface area contributed by atoms with Crippen molar-refractivity contribution in [2.75, 3.05) is 11.4 Å². The van der Waals surface area contributed by atoms with Crippen LogP contribution in [0.25, 0.3) is 0 Å². The summed E-state index contributed by atoms with van der Waals surface area (Å²) in [6.07, 6.45) is 4.79. The molecule has 0 N–H and O–H groups in total. The summed E-state index contributed by atoms with van der Waals surface area (Å²) >= 11 is 0. The zero-order valence-electron chi connectivity index (χ0n) is 14.3. The molecule has 0 radical (unpaired) electrons. The molecule has 0 saturated heterocycles. The summed E-state index contributed by atoms with van der Waals surface area (Å²) < 4.78 is 0. The second-order valence-corrected chi connectivity index (χ2v) is 5.53. The number of amides is 3. The van der Waals surface area contributed by atoms with E-state index in [9.17, 15) is 9.59 Å². The Labute approximate surface area is 142 Å². The van der Waals surface area contributed by atoms with Crippen LogP contribution in [0.1, 0.15) is 32.3 Å². The molecule has 0 unspecified atom stereocenters. The zero-order chi connectivity index (χ0) is 17.5. The van der Waals surface area contributed by atoms with Gasteiger partial charge >= 0.3 is 6.03 Å². The van der Waals surface area contributed by atoms with E-state index in [0.29, 0.717) is 12.2 Å². The molecule has 0 saturated carbocycles. The standard InChI is InChI=1S/C18H22N4O2/c1-4-5-13-21(15(3)23)18(24)22(17-19-11-6-12-20-17)16-9-7-14(2)8-10-16/h6-12H,4-5,13H2,1-3H3. The predicted octanol–water partition coefficient (Wildman–Crippen LogP) is 3.69. The lowest BCUT2D eigenvalue weighted by molar-refractivity contribution is -0.125. The van der Waals surface area contributed by atoms with Crippen molar-refractivity contribution < 1.29 is 9.59 Å². The molecule has 2 aromatic rings. The van der Waals surface area contributed by atoms with Gasteiger partial charge in [0.1, 0.15) is 0 Å². The largest absolute Gasteiger partial charge is 0.338 e. The molecule has 6 nitrogen and oxygen atoms in total. The topological polar surface area (TPSA) is 66.4 Å². The molecule has 0 aliphatic carbocycles. The fraction of sp³-hybridized carbons (Fsp3) is 0.333. The number of carbonyl (C=O) groups excluding carboxylic acids is 2. The number of anilines is 2. The summed E-state index contributed by atoms with van der Waals surface area (Å²) in [5.74, 6) is -0.0457. The van der Waals surface area contributed by atoms with Gasteiger partial charge in [-0.15, -0.1) is 0 Å². The lowest BCUT2D eigenvalue weighted by atomic mass is 10.2. The van der Waals surface area contributed by atoms with Crippen LogP contribution in [0.15, 0.2) is 42.7 Å². The summed E-state index contributed by atoms with van der Waals surface area (Å²) in [5, 5.41) is 0. The van der Waals surface area contributed by atoms with Crippen LogP contribution in [0.3, 0.4) is 0 Å². The van der Waals surface area contributed by atoms with E-state index in [4.69, 9.17) is 0 Å². The summed E-state index contributed by atoms with van der Waals surface area (Å²) in [6.45, 7) is 5.76. The van der Waals surface area contributed by atoms with E-state index in [1.165, 1.54) is 16.7 Å². The van der Waals surface area contributed by atoms with Crippen LogP contribution in [0.4, 0.5) is 16.4 Å². The molecule has 6 heteroatoms. The Morgan fingerprint density at radius 2 is 1.71 bits per heavy atom. The van der Waals surface area contributed by atoms with E-state index in [1.54, 1.807) is 18.5 Å². The molecule has 24 heavy (non-hydrogen) atoms. The molecule has 1 aromatic carbocycles. The lowest BCUT2D eigenvalue weighted by Crippen LogP contribution is -2.44. The maximum absolute atomic E-state index is 13.0. The number of nitrogens with zero attached hydrogens (tertiary/aromatic N) is 4. The van der Waals surface area contributed by atoms with E-state index < -0.39 is 6.03 Å². The number of benzene rings is 1. The van der Waals surface area contributed by atoms with Crippen LogP contribution in [-0.2, 0) is 4.79 Å². The number of aromatic nitrogens is 2. The number of imide groups is 1. The van der Waals surface area contributed by atoms with Gasteiger partial charge in [0, 0.05) is 25.9 Å². The predicted molar refractivity (Wildman–Crippen MR) is 93.0 cm³/mol. The quantitative estimate of drug-likeness (QED) is 0.840. The Kier molecular flexibility index (Phi) is 6.01. The van der Waals surface area contributed by atoms with Crippen LogP contribution < -0.4 is 4.90 Å². The van der Waals surface area contributed by atoms with Gasteiger partial charge in [0.25, 0.3) is 0 Å². The van der Waals surface area contributed by atoms with Crippen LogP contribution in [0.2, 0.25) is 0 Å². The number of urea groups is 1. The Bertz CT molecular complexity index is 686. The molecule has 1 heterocycles. The molecule has 0 aliphatic heterocycles. The highest BCUT2D eigenvalue weighted by atomic mass is 16.2. The highest BCUT2D eigenvalue weighted by molar-refractivity contribution is 6.05. The summed E-state index contributed by atoms with van der Waals surface area (Å²) in [7, 11) is 0. The number of hydrogen-bond donors (Lipinski definition) is 0. The first kappa shape index (κ1) is 17.6. The molecular formula is C18H22N4O2. The molecular weight excluding hydrogens is 304 g/mol. The van der Waals surface area contributed by atoms with Gasteiger partial charge in [-0.05, 0) is 31.5 Å². The SMILES string of the molecule is CCCCN(C(C)=O)C(=O)N(c1ccc(C)cc1)c1ncccn1. The van der Waals surface area contributed by atoms with Crippen molar-refractivity contribution in [1.82, 2.24) is 14.9 Å². The number of aryl methyl sites for hydroxylation is 1. The van der Waals surface area contributed by atoms with Gasteiger partial charge in [-0.1, -0.05) is 31.0 Å². The van der Waals surface area contributed by atoms with E-state index in [-0.39, 0.29) is 11.9 Å². The van der Waals surface area contributed by atoms with Crippen LogP contribution in [0, 0.1) is 6.92 Å². The van der Waals surface area contributed by atoms with Gasteiger partial charge in [0.15, 0.2) is 0 Å². The number of rotatable bonds is 5. The third-order valence-electron chi connectivity index (χ3n) is 3.58. The third kappa shape index (κ3) is 4.16. The van der Waals surface area contributed by atoms with Crippen molar-refractivity contribution in [3.05, 3.63) is 48.3 Å². The van der Waals surface area contributed by atoms with Crippen molar-refractivity contribution in [2.45, 2.75) is 33.6 Å². The van der Waals surface area contributed by atoms with Crippen molar-refractivity contribution >= 4 is 23.6 Å². The second-order valence-electron chi connectivity index (χ2n) is 5.53. The van der Waals surface area contributed by atoms with Gasteiger partial charge < -0.3 is 0 Å². The third-order valence-corrected chi connectivity index (χ3v) is 3.58. The summed E-state index contributed by atoms with van der Waals surface area (Å²) in [6, 6.07) is 8.70. The van der Waals surface area contributed by atoms with Gasteiger partial charge in [0.2, 0.25) is 11.9 Å². The molecule has 0 atom stereocenters. The van der Waals surface area contributed by atoms with Crippen LogP contribution >= 0.6 is 0 Å². The monoisotopic (exact) mass is 326 g/mol. The van der Waals surface area contributed by atoms with E-state index in [2.05, 4.69) is 9.97 Å². The number of carbonyl (C=O) groups is 2. The molecule has 0 bridgehead atoms. The minimum Gasteiger partial charge on any atom is -0.275 e. The highest BCUT2D eigenvalue weighted by Gasteiger charge is 2.28. The van der Waals surface area contributed by atoms with E-state index in [0.717, 1.165) is 18.4 Å². The lowest BCUT2D eigenvalue weighted by Gasteiger charge is -2.27. The van der Waals surface area contributed by atoms with Crippen LogP contribution in [-0.4, -0.2) is 33.4 Å². The van der Waals surface area contributed by atoms with Crippen molar-refractivity contribution in [1.29, 1.82) is 0 Å². The Morgan fingerprint density at radius 3 is 2.25 bits per heavy atom. The first-order valence-corrected chi connectivity index (χ1v) is 8.00. The summed E-state index contributed by atoms with van der Waals surface area (Å²) in [5.41, 5.74) is 1.70. The molecule has 0 fully saturated rings. The van der Waals surface area contributed by atoms with Gasteiger partial charge in [-0.3, -0.25) is 9.69 Å². The maximum Gasteiger partial charge on any atom is 0.338 e. The molecule has 0 aliphatic rings. The van der Waals surface area contributed by atoms with Crippen molar-refractivity contribution in [2.24, 2.45) is 0 Å². The Balaban J connectivity index is 2.43.